The molecule has 3 aromatic rings. The Morgan fingerprint density at radius 3 is 2.53 bits per heavy atom. The van der Waals surface area contributed by atoms with E-state index in [9.17, 15) is 18.3 Å². The largest absolute Gasteiger partial charge is 0.416 e. The van der Waals surface area contributed by atoms with Crippen molar-refractivity contribution in [2.24, 2.45) is 0 Å². The lowest BCUT2D eigenvalue weighted by molar-refractivity contribution is -0.137. The van der Waals surface area contributed by atoms with Crippen molar-refractivity contribution >= 4 is 11.5 Å². The van der Waals surface area contributed by atoms with Gasteiger partial charge in [0.15, 0.2) is 0 Å². The Bertz CT molecular complexity index is 1040. The summed E-state index contributed by atoms with van der Waals surface area (Å²) in [6.07, 6.45) is -2.79. The number of hydrogen-bond acceptors (Lipinski definition) is 5. The van der Waals surface area contributed by atoms with E-state index in [1.54, 1.807) is 13.2 Å². The van der Waals surface area contributed by atoms with Crippen LogP contribution in [0.3, 0.4) is 0 Å². The molecule has 0 saturated heterocycles. The van der Waals surface area contributed by atoms with Gasteiger partial charge in [0.25, 0.3) is 0 Å². The van der Waals surface area contributed by atoms with Gasteiger partial charge in [-0.25, -0.2) is 9.97 Å². The number of fused-ring (bicyclic) bond motifs is 1. The van der Waals surface area contributed by atoms with E-state index >= 15 is 0 Å². The number of hydrogen-bond donors (Lipinski definition) is 2. The Kier molecular flexibility index (Phi) is 5.44. The summed E-state index contributed by atoms with van der Waals surface area (Å²) in [5.74, 6) is 0.511. The van der Waals surface area contributed by atoms with E-state index in [0.29, 0.717) is 29.9 Å². The van der Waals surface area contributed by atoms with Crippen molar-refractivity contribution in [3.05, 3.63) is 71.5 Å². The predicted molar refractivity (Wildman–Crippen MR) is 106 cm³/mol. The smallest absolute Gasteiger partial charge is 0.390 e. The molecule has 156 valence electrons. The fourth-order valence-corrected chi connectivity index (χ4v) is 3.67. The van der Waals surface area contributed by atoms with E-state index in [1.165, 1.54) is 18.5 Å². The standard InChI is InChI=1S/C22H20F3N3O2/c1-30-20-9-14-3-2-4-17(16(14)10-19(20)29)28-21-11-18(26-12-27-21)13-5-7-15(8-6-13)22(23,24)25/h2-8,11-12,19-20,29H,9-10H2,1H3,(H,26,27,28). The number of halogens is 3. The van der Waals surface area contributed by atoms with E-state index in [4.69, 9.17) is 4.74 Å². The number of aliphatic hydroxyl groups excluding tert-OH is 1. The summed E-state index contributed by atoms with van der Waals surface area (Å²) in [7, 11) is 1.59. The second kappa shape index (κ2) is 8.04. The molecular weight excluding hydrogens is 395 g/mol. The quantitative estimate of drug-likeness (QED) is 0.662. The fraction of sp³-hybridized carbons (Fsp3) is 0.273. The van der Waals surface area contributed by atoms with Crippen LogP contribution in [0.2, 0.25) is 0 Å². The van der Waals surface area contributed by atoms with Gasteiger partial charge in [0.2, 0.25) is 0 Å². The van der Waals surface area contributed by atoms with Crippen LogP contribution in [0.15, 0.2) is 54.9 Å². The average Bonchev–Trinajstić information content (AvgIpc) is 2.73. The Morgan fingerprint density at radius 1 is 1.07 bits per heavy atom. The maximum atomic E-state index is 12.8. The first kappa shape index (κ1) is 20.3. The second-order valence-electron chi connectivity index (χ2n) is 7.18. The average molecular weight is 415 g/mol. The van der Waals surface area contributed by atoms with Crippen LogP contribution in [0.5, 0.6) is 0 Å². The minimum Gasteiger partial charge on any atom is -0.390 e. The molecule has 0 bridgehead atoms. The van der Waals surface area contributed by atoms with Crippen LogP contribution < -0.4 is 5.32 Å². The van der Waals surface area contributed by atoms with E-state index in [-0.39, 0.29) is 6.10 Å². The van der Waals surface area contributed by atoms with Gasteiger partial charge in [0.1, 0.15) is 12.1 Å². The van der Waals surface area contributed by atoms with Gasteiger partial charge in [-0.3, -0.25) is 0 Å². The van der Waals surface area contributed by atoms with Gasteiger partial charge in [-0.1, -0.05) is 24.3 Å². The molecule has 1 aliphatic carbocycles. The van der Waals surface area contributed by atoms with E-state index in [1.807, 2.05) is 18.2 Å². The third-order valence-corrected chi connectivity index (χ3v) is 5.28. The number of ether oxygens (including phenoxy) is 1. The van der Waals surface area contributed by atoms with Gasteiger partial charge < -0.3 is 15.2 Å². The Balaban J connectivity index is 1.59. The van der Waals surface area contributed by atoms with Crippen molar-refractivity contribution in [1.29, 1.82) is 0 Å². The zero-order chi connectivity index (χ0) is 21.3. The molecule has 5 nitrogen and oxygen atoms in total. The molecular formula is C22H20F3N3O2. The minimum absolute atomic E-state index is 0.238. The maximum Gasteiger partial charge on any atom is 0.416 e. The van der Waals surface area contributed by atoms with Crippen molar-refractivity contribution < 1.29 is 23.0 Å². The lowest BCUT2D eigenvalue weighted by atomic mass is 9.86. The Labute approximate surface area is 171 Å². The van der Waals surface area contributed by atoms with E-state index in [2.05, 4.69) is 15.3 Å². The van der Waals surface area contributed by atoms with Gasteiger partial charge >= 0.3 is 6.18 Å². The van der Waals surface area contributed by atoms with Crippen LogP contribution in [0.1, 0.15) is 16.7 Å². The summed E-state index contributed by atoms with van der Waals surface area (Å²) >= 11 is 0. The van der Waals surface area contributed by atoms with Crippen molar-refractivity contribution in [3.8, 4) is 11.3 Å². The van der Waals surface area contributed by atoms with Gasteiger partial charge in [-0.15, -0.1) is 0 Å². The number of alkyl halides is 3. The van der Waals surface area contributed by atoms with Crippen LogP contribution in [-0.4, -0.2) is 34.4 Å². The summed E-state index contributed by atoms with van der Waals surface area (Å²) in [5.41, 5.74) is 3.26. The third-order valence-electron chi connectivity index (χ3n) is 5.28. The highest BCUT2D eigenvalue weighted by Crippen LogP contribution is 2.33. The van der Waals surface area contributed by atoms with Crippen LogP contribution in [0.25, 0.3) is 11.3 Å². The lowest BCUT2D eigenvalue weighted by Gasteiger charge is -2.30. The molecule has 30 heavy (non-hydrogen) atoms. The minimum atomic E-state index is -4.38. The molecule has 0 amide bonds. The van der Waals surface area contributed by atoms with Crippen molar-refractivity contribution in [1.82, 2.24) is 9.97 Å². The summed E-state index contributed by atoms with van der Waals surface area (Å²) < 4.78 is 43.7. The molecule has 4 rings (SSSR count). The molecule has 2 atom stereocenters. The topological polar surface area (TPSA) is 67.3 Å². The molecule has 2 aromatic carbocycles. The first-order valence-electron chi connectivity index (χ1n) is 9.43. The number of nitrogens with one attached hydrogen (secondary N) is 1. The fourth-order valence-electron chi connectivity index (χ4n) is 3.67. The third kappa shape index (κ3) is 4.15. The van der Waals surface area contributed by atoms with Crippen LogP contribution in [0, 0.1) is 0 Å². The predicted octanol–water partition coefficient (Wildman–Crippen LogP) is 4.38. The molecule has 8 heteroatoms. The summed E-state index contributed by atoms with van der Waals surface area (Å²) in [4.78, 5) is 8.40. The van der Waals surface area contributed by atoms with Crippen molar-refractivity contribution in [3.63, 3.8) is 0 Å². The van der Waals surface area contributed by atoms with Crippen LogP contribution in [-0.2, 0) is 23.8 Å². The molecule has 0 radical (unpaired) electrons. The molecule has 1 aromatic heterocycles. The number of aromatic nitrogens is 2. The zero-order valence-electron chi connectivity index (χ0n) is 16.1. The normalized spacial score (nSPS) is 18.7. The molecule has 0 saturated carbocycles. The lowest BCUT2D eigenvalue weighted by Crippen LogP contribution is -2.36. The number of methoxy groups -OCH3 is 1. The Hall–Kier alpha value is -2.97. The number of benzene rings is 2. The number of rotatable bonds is 4. The highest BCUT2D eigenvalue weighted by atomic mass is 19.4. The number of aliphatic hydroxyl groups is 1. The first-order chi connectivity index (χ1) is 14.3. The maximum absolute atomic E-state index is 12.8. The zero-order valence-corrected chi connectivity index (χ0v) is 16.1. The molecule has 0 fully saturated rings. The molecule has 0 spiro atoms. The first-order valence-corrected chi connectivity index (χ1v) is 9.43. The highest BCUT2D eigenvalue weighted by molar-refractivity contribution is 5.68. The Morgan fingerprint density at radius 2 is 1.83 bits per heavy atom. The van der Waals surface area contributed by atoms with E-state index in [0.717, 1.165) is 28.9 Å². The van der Waals surface area contributed by atoms with Gasteiger partial charge in [0, 0.05) is 37.3 Å². The molecule has 1 aliphatic rings. The number of nitrogens with zero attached hydrogens (tertiary/aromatic N) is 2. The second-order valence-corrected chi connectivity index (χ2v) is 7.18. The van der Waals surface area contributed by atoms with Gasteiger partial charge in [0.05, 0.1) is 23.5 Å². The summed E-state index contributed by atoms with van der Waals surface area (Å²) in [6, 6.07) is 12.4. The molecule has 2 unspecified atom stereocenters. The number of anilines is 2. The van der Waals surface area contributed by atoms with Crippen molar-refractivity contribution in [2.45, 2.75) is 31.2 Å². The monoisotopic (exact) mass is 415 g/mol. The molecule has 1 heterocycles. The summed E-state index contributed by atoms with van der Waals surface area (Å²) in [6.45, 7) is 0. The molecule has 2 N–H and O–H groups in total. The van der Waals surface area contributed by atoms with Gasteiger partial charge in [-0.05, 0) is 29.3 Å². The van der Waals surface area contributed by atoms with Crippen LogP contribution in [0.4, 0.5) is 24.7 Å². The van der Waals surface area contributed by atoms with Gasteiger partial charge in [-0.2, -0.15) is 13.2 Å². The van der Waals surface area contributed by atoms with Crippen molar-refractivity contribution in [2.75, 3.05) is 12.4 Å². The van der Waals surface area contributed by atoms with E-state index < -0.39 is 17.8 Å². The summed E-state index contributed by atoms with van der Waals surface area (Å²) in [5, 5.41) is 13.6. The molecule has 0 aliphatic heterocycles. The van der Waals surface area contributed by atoms with Crippen LogP contribution >= 0.6 is 0 Å². The highest BCUT2D eigenvalue weighted by Gasteiger charge is 2.30. The SMILES string of the molecule is COC1Cc2cccc(Nc3cc(-c4ccc(C(F)(F)F)cc4)ncn3)c2CC1O.